The van der Waals surface area contributed by atoms with Gasteiger partial charge in [0.15, 0.2) is 5.41 Å². The maximum absolute atomic E-state index is 12.9. The number of ether oxygens (including phenoxy) is 2. The third-order valence-electron chi connectivity index (χ3n) is 5.68. The minimum atomic E-state index is -2.33. The van der Waals surface area contributed by atoms with Crippen molar-refractivity contribution in [3.63, 3.8) is 0 Å². The Hall–Kier alpha value is -3.88. The molecule has 0 aliphatic rings. The van der Waals surface area contributed by atoms with E-state index in [0.29, 0.717) is 34.7 Å². The molecule has 0 atom stereocenters. The topological polar surface area (TPSA) is 128 Å². The first kappa shape index (κ1) is 22.8. The van der Waals surface area contributed by atoms with E-state index in [1.807, 2.05) is 25.1 Å². The van der Waals surface area contributed by atoms with E-state index >= 15 is 0 Å². The Kier molecular flexibility index (Phi) is 6.20. The molecule has 0 radical (unpaired) electrons. The number of hydrogen-bond donors (Lipinski definition) is 2. The van der Waals surface area contributed by atoms with Crippen molar-refractivity contribution in [3.05, 3.63) is 47.5 Å². The summed E-state index contributed by atoms with van der Waals surface area (Å²) in [5, 5.41) is 19.8. The van der Waals surface area contributed by atoms with Gasteiger partial charge in [-0.15, -0.1) is 0 Å². The molecule has 1 heterocycles. The fourth-order valence-corrected chi connectivity index (χ4v) is 4.05. The van der Waals surface area contributed by atoms with Gasteiger partial charge in [0.25, 0.3) is 0 Å². The van der Waals surface area contributed by atoms with Crippen molar-refractivity contribution in [2.45, 2.75) is 32.2 Å². The first-order valence-corrected chi connectivity index (χ1v) is 10.0. The summed E-state index contributed by atoms with van der Waals surface area (Å²) in [4.78, 5) is 42.0. The summed E-state index contributed by atoms with van der Waals surface area (Å²) in [7, 11) is 2.69. The Bertz CT molecular complexity index is 1200. The number of aryl methyl sites for hydroxylation is 1. The molecule has 0 saturated heterocycles. The zero-order valence-corrected chi connectivity index (χ0v) is 18.2. The summed E-state index contributed by atoms with van der Waals surface area (Å²) in [5.41, 5.74) is -1.24. The number of imidazole rings is 1. The normalized spacial score (nSPS) is 11.4. The second-order valence-electron chi connectivity index (χ2n) is 7.10. The van der Waals surface area contributed by atoms with Crippen LogP contribution in [0.15, 0.2) is 36.4 Å². The molecule has 9 nitrogen and oxygen atoms in total. The SMILES string of the molecule is CCn1c(-c2ccccc2OC)nc2ccc(C(CC)(C(=O)O)C(=O)O)c(C(=O)OC)c21. The van der Waals surface area contributed by atoms with Crippen LogP contribution in [0.4, 0.5) is 0 Å². The molecule has 0 spiro atoms. The zero-order chi connectivity index (χ0) is 23.6. The number of carboxylic acid groups (broad SMARTS) is 2. The number of aromatic nitrogens is 2. The lowest BCUT2D eigenvalue weighted by Crippen LogP contribution is -2.44. The molecule has 3 aromatic rings. The maximum atomic E-state index is 12.9. The van der Waals surface area contributed by atoms with E-state index in [-0.39, 0.29) is 17.5 Å². The van der Waals surface area contributed by atoms with Crippen molar-refractivity contribution >= 4 is 28.9 Å². The largest absolute Gasteiger partial charge is 0.496 e. The summed E-state index contributed by atoms with van der Waals surface area (Å²) in [6.45, 7) is 3.66. The standard InChI is InChI=1S/C23H24N2O7/c1-5-23(21(27)28,22(29)30)14-11-12-15-18(17(14)20(26)32-4)25(6-2)19(24-15)13-9-7-8-10-16(13)31-3/h7-12H,5-6H2,1-4H3,(H,27,28)(H,29,30). The lowest BCUT2D eigenvalue weighted by molar-refractivity contribution is -0.157. The quantitative estimate of drug-likeness (QED) is 0.403. The van der Waals surface area contributed by atoms with Gasteiger partial charge < -0.3 is 24.3 Å². The monoisotopic (exact) mass is 440 g/mol. The van der Waals surface area contributed by atoms with Crippen LogP contribution in [-0.4, -0.2) is 51.9 Å². The maximum Gasteiger partial charge on any atom is 0.340 e. The Morgan fingerprint density at radius 2 is 1.69 bits per heavy atom. The number of carbonyl (C=O) groups is 3. The number of hydrogen-bond acceptors (Lipinski definition) is 6. The van der Waals surface area contributed by atoms with Crippen LogP contribution in [0.1, 0.15) is 36.2 Å². The van der Waals surface area contributed by atoms with Gasteiger partial charge in [-0.25, -0.2) is 9.78 Å². The Balaban J connectivity index is 2.51. The minimum Gasteiger partial charge on any atom is -0.496 e. The first-order valence-electron chi connectivity index (χ1n) is 10.0. The van der Waals surface area contributed by atoms with E-state index in [4.69, 9.17) is 9.47 Å². The number of methoxy groups -OCH3 is 2. The smallest absolute Gasteiger partial charge is 0.340 e. The van der Waals surface area contributed by atoms with Crippen molar-refractivity contribution in [2.24, 2.45) is 0 Å². The second kappa shape index (κ2) is 8.70. The Morgan fingerprint density at radius 1 is 1.03 bits per heavy atom. The van der Waals surface area contributed by atoms with Gasteiger partial charge in [0.2, 0.25) is 0 Å². The molecule has 0 saturated carbocycles. The molecule has 9 heteroatoms. The van der Waals surface area contributed by atoms with Gasteiger partial charge in [0.1, 0.15) is 11.6 Å². The molecule has 2 N–H and O–H groups in total. The van der Waals surface area contributed by atoms with Gasteiger partial charge >= 0.3 is 17.9 Å². The third kappa shape index (κ3) is 3.26. The molecular weight excluding hydrogens is 416 g/mol. The van der Waals surface area contributed by atoms with E-state index in [1.165, 1.54) is 26.2 Å². The van der Waals surface area contributed by atoms with Gasteiger partial charge in [0.05, 0.1) is 36.4 Å². The van der Waals surface area contributed by atoms with Crippen LogP contribution in [0.3, 0.4) is 0 Å². The van der Waals surface area contributed by atoms with Gasteiger partial charge in [-0.05, 0) is 37.1 Å². The lowest BCUT2D eigenvalue weighted by atomic mass is 9.75. The Labute approximate surface area is 184 Å². The zero-order valence-electron chi connectivity index (χ0n) is 18.2. The van der Waals surface area contributed by atoms with Gasteiger partial charge in [-0.1, -0.05) is 25.1 Å². The van der Waals surface area contributed by atoms with E-state index in [0.717, 1.165) is 7.11 Å². The van der Waals surface area contributed by atoms with Crippen molar-refractivity contribution < 1.29 is 34.1 Å². The molecule has 3 rings (SSSR count). The fourth-order valence-electron chi connectivity index (χ4n) is 4.05. The molecule has 0 unspecified atom stereocenters. The number of carboxylic acids is 2. The van der Waals surface area contributed by atoms with Crippen molar-refractivity contribution in [1.82, 2.24) is 9.55 Å². The first-order chi connectivity index (χ1) is 15.3. The number of fused-ring (bicyclic) bond motifs is 1. The number of benzene rings is 2. The number of rotatable bonds is 8. The molecule has 0 aliphatic heterocycles. The molecule has 0 fully saturated rings. The predicted molar refractivity (Wildman–Crippen MR) is 116 cm³/mol. The molecule has 0 bridgehead atoms. The molecule has 32 heavy (non-hydrogen) atoms. The number of carbonyl (C=O) groups excluding carboxylic acids is 1. The van der Waals surface area contributed by atoms with E-state index in [9.17, 15) is 24.6 Å². The number of para-hydroxylation sites is 1. The van der Waals surface area contributed by atoms with Crippen LogP contribution < -0.4 is 4.74 Å². The number of nitrogens with zero attached hydrogens (tertiary/aromatic N) is 2. The van der Waals surface area contributed by atoms with Crippen LogP contribution in [0.5, 0.6) is 5.75 Å². The highest BCUT2D eigenvalue weighted by Gasteiger charge is 2.49. The number of aliphatic carboxylic acids is 2. The van der Waals surface area contributed by atoms with Crippen LogP contribution in [0.25, 0.3) is 22.4 Å². The average molecular weight is 440 g/mol. The summed E-state index contributed by atoms with van der Waals surface area (Å²) < 4.78 is 12.1. The molecule has 0 amide bonds. The van der Waals surface area contributed by atoms with E-state index < -0.39 is 23.3 Å². The summed E-state index contributed by atoms with van der Waals surface area (Å²) in [5.74, 6) is -2.91. The van der Waals surface area contributed by atoms with Crippen molar-refractivity contribution in [1.29, 1.82) is 0 Å². The van der Waals surface area contributed by atoms with Gasteiger partial charge in [-0.2, -0.15) is 0 Å². The third-order valence-corrected chi connectivity index (χ3v) is 5.68. The minimum absolute atomic E-state index is 0.132. The fraction of sp³-hybridized carbons (Fsp3) is 0.304. The highest BCUT2D eigenvalue weighted by molar-refractivity contribution is 6.12. The van der Waals surface area contributed by atoms with Gasteiger partial charge in [0, 0.05) is 6.54 Å². The summed E-state index contributed by atoms with van der Waals surface area (Å²) in [6, 6.07) is 10.1. The average Bonchev–Trinajstić information content (AvgIpc) is 3.17. The molecule has 168 valence electrons. The van der Waals surface area contributed by atoms with E-state index in [2.05, 4.69) is 4.98 Å². The van der Waals surface area contributed by atoms with Gasteiger partial charge in [-0.3, -0.25) is 9.59 Å². The van der Waals surface area contributed by atoms with Crippen LogP contribution in [0.2, 0.25) is 0 Å². The summed E-state index contributed by atoms with van der Waals surface area (Å²) >= 11 is 0. The lowest BCUT2D eigenvalue weighted by Gasteiger charge is -2.26. The summed E-state index contributed by atoms with van der Waals surface area (Å²) in [6.07, 6.45) is -0.271. The number of esters is 1. The van der Waals surface area contributed by atoms with E-state index in [1.54, 1.807) is 10.6 Å². The van der Waals surface area contributed by atoms with Crippen molar-refractivity contribution in [3.8, 4) is 17.1 Å². The Morgan fingerprint density at radius 3 is 2.22 bits per heavy atom. The molecule has 2 aromatic carbocycles. The molecule has 1 aromatic heterocycles. The molecular formula is C23H24N2O7. The van der Waals surface area contributed by atoms with Crippen molar-refractivity contribution in [2.75, 3.05) is 14.2 Å². The molecule has 0 aliphatic carbocycles. The predicted octanol–water partition coefficient (Wildman–Crippen LogP) is 3.34. The second-order valence-corrected chi connectivity index (χ2v) is 7.10. The van der Waals surface area contributed by atoms with Crippen LogP contribution >= 0.6 is 0 Å². The van der Waals surface area contributed by atoms with Crippen LogP contribution in [-0.2, 0) is 26.3 Å². The highest BCUT2D eigenvalue weighted by Crippen LogP contribution is 2.38. The van der Waals surface area contributed by atoms with Crippen LogP contribution in [0, 0.1) is 0 Å². The highest BCUT2D eigenvalue weighted by atomic mass is 16.5.